The van der Waals surface area contributed by atoms with Crippen LogP contribution in [0.15, 0.2) is 0 Å². The summed E-state index contributed by atoms with van der Waals surface area (Å²) in [5.74, 6) is 0. The van der Waals surface area contributed by atoms with Crippen LogP contribution in [-0.4, -0.2) is 38.6 Å². The summed E-state index contributed by atoms with van der Waals surface area (Å²) in [6, 6.07) is 0. The molecular weight excluding hydrogens is 142 g/mol. The molecule has 0 N–H and O–H groups in total. The third-order valence-corrected chi connectivity index (χ3v) is 1.03. The van der Waals surface area contributed by atoms with Crippen LogP contribution >= 0.6 is 12.4 Å². The van der Waals surface area contributed by atoms with Gasteiger partial charge in [0.05, 0.1) is 13.2 Å². The van der Waals surface area contributed by atoms with E-state index >= 15 is 0 Å². The van der Waals surface area contributed by atoms with Gasteiger partial charge in [0.2, 0.25) is 6.41 Å². The highest BCUT2D eigenvalue weighted by Crippen LogP contribution is 2.04. The second-order valence-electron chi connectivity index (χ2n) is 2.01. The van der Waals surface area contributed by atoms with Crippen LogP contribution in [0, 0.1) is 0 Å². The van der Waals surface area contributed by atoms with E-state index in [0.29, 0.717) is 0 Å². The Morgan fingerprint density at radius 2 is 1.67 bits per heavy atom. The van der Waals surface area contributed by atoms with E-state index in [1.54, 1.807) is 0 Å². The van der Waals surface area contributed by atoms with E-state index in [-0.39, 0.29) is 18.8 Å². The van der Waals surface area contributed by atoms with Gasteiger partial charge in [-0.05, 0) is 14.1 Å². The van der Waals surface area contributed by atoms with Crippen molar-refractivity contribution in [1.82, 2.24) is 4.90 Å². The maximum atomic E-state index is 5.12. The highest BCUT2D eigenvalue weighted by Gasteiger charge is 2.16. The highest BCUT2D eigenvalue weighted by atomic mass is 35.5. The number of rotatable bonds is 1. The van der Waals surface area contributed by atoms with Crippen LogP contribution in [0.2, 0.25) is 0 Å². The standard InChI is InChI=1S/C5H11NO2.ClH/c1-6(2)5-7-3-4-8-5;/h5H,3-4H2,1-2H3;1H. The van der Waals surface area contributed by atoms with Gasteiger partial charge in [0.15, 0.2) is 0 Å². The maximum absolute atomic E-state index is 5.12. The van der Waals surface area contributed by atoms with Crippen molar-refractivity contribution < 1.29 is 9.47 Å². The monoisotopic (exact) mass is 153 g/mol. The predicted octanol–water partition coefficient (Wildman–Crippen LogP) is 0.300. The van der Waals surface area contributed by atoms with Gasteiger partial charge < -0.3 is 9.47 Å². The van der Waals surface area contributed by atoms with Crippen LogP contribution in [0.3, 0.4) is 0 Å². The first-order chi connectivity index (χ1) is 3.80. The van der Waals surface area contributed by atoms with E-state index in [4.69, 9.17) is 9.47 Å². The van der Waals surface area contributed by atoms with Crippen LogP contribution in [-0.2, 0) is 9.47 Å². The van der Waals surface area contributed by atoms with Crippen molar-refractivity contribution in [3.8, 4) is 0 Å². The predicted molar refractivity (Wildman–Crippen MR) is 36.6 cm³/mol. The van der Waals surface area contributed by atoms with Crippen molar-refractivity contribution in [3.05, 3.63) is 0 Å². The fourth-order valence-corrected chi connectivity index (χ4v) is 0.644. The lowest BCUT2D eigenvalue weighted by atomic mass is 10.8. The third-order valence-electron chi connectivity index (χ3n) is 1.03. The molecule has 1 saturated heterocycles. The normalized spacial score (nSPS) is 20.3. The van der Waals surface area contributed by atoms with Gasteiger partial charge in [0.1, 0.15) is 0 Å². The second kappa shape index (κ2) is 4.06. The smallest absolute Gasteiger partial charge is 0.218 e. The quantitative estimate of drug-likeness (QED) is 0.541. The van der Waals surface area contributed by atoms with E-state index in [9.17, 15) is 0 Å². The van der Waals surface area contributed by atoms with Crippen LogP contribution in [0.4, 0.5) is 0 Å². The van der Waals surface area contributed by atoms with Gasteiger partial charge in [-0.25, -0.2) is 0 Å². The number of ether oxygens (including phenoxy) is 2. The Hall–Kier alpha value is 0.170. The third kappa shape index (κ3) is 2.49. The zero-order valence-electron chi connectivity index (χ0n) is 5.66. The summed E-state index contributed by atoms with van der Waals surface area (Å²) in [5, 5.41) is 0. The zero-order valence-corrected chi connectivity index (χ0v) is 6.48. The first kappa shape index (κ1) is 9.17. The van der Waals surface area contributed by atoms with Crippen molar-refractivity contribution in [3.63, 3.8) is 0 Å². The minimum absolute atomic E-state index is 0. The van der Waals surface area contributed by atoms with Crippen molar-refractivity contribution in [2.75, 3.05) is 27.3 Å². The van der Waals surface area contributed by atoms with Crippen molar-refractivity contribution >= 4 is 12.4 Å². The average molecular weight is 154 g/mol. The molecule has 0 aromatic rings. The minimum Gasteiger partial charge on any atom is -0.337 e. The van der Waals surface area contributed by atoms with Crippen molar-refractivity contribution in [2.45, 2.75) is 6.41 Å². The first-order valence-electron chi connectivity index (χ1n) is 2.70. The Morgan fingerprint density at radius 3 is 1.89 bits per heavy atom. The molecule has 1 fully saturated rings. The minimum atomic E-state index is -0.102. The molecule has 56 valence electrons. The largest absolute Gasteiger partial charge is 0.337 e. The maximum Gasteiger partial charge on any atom is 0.218 e. The molecular formula is C5H12ClNO2. The summed E-state index contributed by atoms with van der Waals surface area (Å²) < 4.78 is 10.2. The topological polar surface area (TPSA) is 21.7 Å². The van der Waals surface area contributed by atoms with Crippen LogP contribution in [0.1, 0.15) is 0 Å². The van der Waals surface area contributed by atoms with Crippen molar-refractivity contribution in [1.29, 1.82) is 0 Å². The molecule has 1 rings (SSSR count). The van der Waals surface area contributed by atoms with E-state index < -0.39 is 0 Å². The van der Waals surface area contributed by atoms with Gasteiger partial charge in [-0.3, -0.25) is 4.90 Å². The molecule has 1 heterocycles. The summed E-state index contributed by atoms with van der Waals surface area (Å²) in [5.41, 5.74) is 0. The van der Waals surface area contributed by atoms with Gasteiger partial charge in [0, 0.05) is 0 Å². The van der Waals surface area contributed by atoms with Crippen molar-refractivity contribution in [2.24, 2.45) is 0 Å². The summed E-state index contributed by atoms with van der Waals surface area (Å²) in [6.45, 7) is 1.45. The van der Waals surface area contributed by atoms with E-state index in [0.717, 1.165) is 13.2 Å². The van der Waals surface area contributed by atoms with Gasteiger partial charge in [-0.1, -0.05) is 0 Å². The SMILES string of the molecule is CN(C)C1OCCO1.Cl. The lowest BCUT2D eigenvalue weighted by Crippen LogP contribution is -2.27. The Labute approximate surface area is 61.3 Å². The molecule has 0 spiro atoms. The van der Waals surface area contributed by atoms with Gasteiger partial charge in [0.25, 0.3) is 0 Å². The highest BCUT2D eigenvalue weighted by molar-refractivity contribution is 5.85. The number of hydrogen-bond acceptors (Lipinski definition) is 3. The lowest BCUT2D eigenvalue weighted by Gasteiger charge is -2.15. The molecule has 9 heavy (non-hydrogen) atoms. The van der Waals surface area contributed by atoms with Gasteiger partial charge in [-0.15, -0.1) is 12.4 Å². The molecule has 0 radical (unpaired) electrons. The average Bonchev–Trinajstić information content (AvgIpc) is 2.12. The molecule has 0 aromatic heterocycles. The first-order valence-corrected chi connectivity index (χ1v) is 2.70. The molecule has 0 aromatic carbocycles. The van der Waals surface area contributed by atoms with Gasteiger partial charge >= 0.3 is 0 Å². The fourth-order valence-electron chi connectivity index (χ4n) is 0.644. The Kier molecular flexibility index (Phi) is 4.14. The van der Waals surface area contributed by atoms with E-state index in [2.05, 4.69) is 0 Å². The number of halogens is 1. The second-order valence-corrected chi connectivity index (χ2v) is 2.01. The molecule has 0 unspecified atom stereocenters. The summed E-state index contributed by atoms with van der Waals surface area (Å²) in [4.78, 5) is 1.90. The molecule has 0 atom stereocenters. The fraction of sp³-hybridized carbons (Fsp3) is 1.00. The molecule has 0 bridgehead atoms. The molecule has 0 aliphatic carbocycles. The number of hydrogen-bond donors (Lipinski definition) is 0. The molecule has 0 amide bonds. The molecule has 1 aliphatic heterocycles. The van der Waals surface area contributed by atoms with Crippen LogP contribution in [0.5, 0.6) is 0 Å². The van der Waals surface area contributed by atoms with Gasteiger partial charge in [-0.2, -0.15) is 0 Å². The number of nitrogens with zero attached hydrogens (tertiary/aromatic N) is 1. The lowest BCUT2D eigenvalue weighted by molar-refractivity contribution is -0.132. The summed E-state index contributed by atoms with van der Waals surface area (Å²) >= 11 is 0. The molecule has 3 nitrogen and oxygen atoms in total. The molecule has 4 heteroatoms. The Morgan fingerprint density at radius 1 is 1.22 bits per heavy atom. The summed E-state index contributed by atoms with van der Waals surface area (Å²) in [6.07, 6.45) is -0.102. The van der Waals surface area contributed by atoms with E-state index in [1.165, 1.54) is 0 Å². The van der Waals surface area contributed by atoms with Crippen LogP contribution < -0.4 is 0 Å². The molecule has 1 aliphatic rings. The Bertz CT molecular complexity index is 73.4. The molecule has 0 saturated carbocycles. The Balaban J connectivity index is 0.000000640. The zero-order chi connectivity index (χ0) is 5.98. The van der Waals surface area contributed by atoms with E-state index in [1.807, 2.05) is 19.0 Å². The summed E-state index contributed by atoms with van der Waals surface area (Å²) in [7, 11) is 3.85. The van der Waals surface area contributed by atoms with Crippen LogP contribution in [0.25, 0.3) is 0 Å².